The zero-order chi connectivity index (χ0) is 14.2. The molecule has 1 N–H and O–H groups in total. The molecule has 1 unspecified atom stereocenters. The molecule has 1 aromatic heterocycles. The maximum Gasteiger partial charge on any atom is 0.137 e. The quantitative estimate of drug-likeness (QED) is 0.814. The second kappa shape index (κ2) is 8.25. The van der Waals surface area contributed by atoms with E-state index in [4.69, 9.17) is 4.74 Å². The first-order valence-corrected chi connectivity index (χ1v) is 8.05. The Balaban J connectivity index is 2.04. The van der Waals surface area contributed by atoms with E-state index in [2.05, 4.69) is 23.3 Å². The van der Waals surface area contributed by atoms with E-state index in [9.17, 15) is 0 Å². The summed E-state index contributed by atoms with van der Waals surface area (Å²) in [5.74, 6) is 1.72. The van der Waals surface area contributed by atoms with Crippen molar-refractivity contribution >= 4 is 0 Å². The number of rotatable bonds is 7. The summed E-state index contributed by atoms with van der Waals surface area (Å²) in [6, 6.07) is 2.55. The van der Waals surface area contributed by atoms with E-state index >= 15 is 0 Å². The molecule has 1 atom stereocenters. The fourth-order valence-corrected chi connectivity index (χ4v) is 3.15. The Morgan fingerprint density at radius 2 is 2.10 bits per heavy atom. The Kier molecular flexibility index (Phi) is 6.31. The average Bonchev–Trinajstić information content (AvgIpc) is 2.52. The normalized spacial score (nSPS) is 17.9. The number of methoxy groups -OCH3 is 1. The van der Waals surface area contributed by atoms with Crippen molar-refractivity contribution in [1.29, 1.82) is 0 Å². The van der Waals surface area contributed by atoms with Crippen molar-refractivity contribution in [3.63, 3.8) is 0 Å². The van der Waals surface area contributed by atoms with Crippen LogP contribution in [-0.4, -0.2) is 18.6 Å². The third-order valence-electron chi connectivity index (χ3n) is 4.31. The van der Waals surface area contributed by atoms with Crippen LogP contribution in [0.25, 0.3) is 0 Å². The highest BCUT2D eigenvalue weighted by atomic mass is 16.5. The van der Waals surface area contributed by atoms with Gasteiger partial charge in [0.1, 0.15) is 5.75 Å². The summed E-state index contributed by atoms with van der Waals surface area (Å²) in [4.78, 5) is 4.31. The fraction of sp³-hybridized carbons (Fsp3) is 0.706. The number of hydrogen-bond donors (Lipinski definition) is 1. The number of nitrogens with zero attached hydrogens (tertiary/aromatic N) is 1. The van der Waals surface area contributed by atoms with Gasteiger partial charge in [-0.05, 0) is 36.9 Å². The Hall–Kier alpha value is -1.09. The van der Waals surface area contributed by atoms with Gasteiger partial charge in [-0.2, -0.15) is 0 Å². The molecule has 1 aromatic rings. The molecule has 0 amide bonds. The number of ether oxygens (including phenoxy) is 1. The Labute approximate surface area is 123 Å². The summed E-state index contributed by atoms with van der Waals surface area (Å²) in [5.41, 5.74) is 1.27. The van der Waals surface area contributed by atoms with Crippen LogP contribution in [0.1, 0.15) is 63.5 Å². The first kappa shape index (κ1) is 15.3. The van der Waals surface area contributed by atoms with Crippen molar-refractivity contribution in [2.45, 2.75) is 57.9 Å². The van der Waals surface area contributed by atoms with Gasteiger partial charge in [0.2, 0.25) is 0 Å². The molecule has 1 saturated carbocycles. The van der Waals surface area contributed by atoms with E-state index in [0.717, 1.165) is 18.2 Å². The van der Waals surface area contributed by atoms with Crippen molar-refractivity contribution in [2.75, 3.05) is 13.7 Å². The van der Waals surface area contributed by atoms with E-state index < -0.39 is 0 Å². The molecule has 3 nitrogen and oxygen atoms in total. The molecule has 1 aliphatic carbocycles. The zero-order valence-electron chi connectivity index (χ0n) is 12.9. The lowest BCUT2D eigenvalue weighted by atomic mass is 9.83. The number of hydrogen-bond acceptors (Lipinski definition) is 3. The summed E-state index contributed by atoms with van der Waals surface area (Å²) in [6.45, 7) is 3.28. The van der Waals surface area contributed by atoms with Crippen molar-refractivity contribution in [2.24, 2.45) is 5.92 Å². The van der Waals surface area contributed by atoms with Gasteiger partial charge in [0, 0.05) is 12.2 Å². The molecule has 0 spiro atoms. The summed E-state index contributed by atoms with van der Waals surface area (Å²) >= 11 is 0. The minimum absolute atomic E-state index is 0.417. The van der Waals surface area contributed by atoms with Gasteiger partial charge in [0.15, 0.2) is 0 Å². The standard InChI is InChI=1S/C17H28N2O/c1-3-9-19-17(10-14-7-5-4-6-8-14)15-11-16(20-2)13-18-12-15/h11-14,17,19H,3-10H2,1-2H3. The third kappa shape index (κ3) is 4.48. The van der Waals surface area contributed by atoms with E-state index in [1.807, 2.05) is 6.20 Å². The van der Waals surface area contributed by atoms with Gasteiger partial charge < -0.3 is 10.1 Å². The van der Waals surface area contributed by atoms with Crippen molar-refractivity contribution in [3.05, 3.63) is 24.0 Å². The average molecular weight is 276 g/mol. The highest BCUT2D eigenvalue weighted by Crippen LogP contribution is 2.32. The largest absolute Gasteiger partial charge is 0.495 e. The molecule has 20 heavy (non-hydrogen) atoms. The van der Waals surface area contributed by atoms with Crippen LogP contribution in [0.5, 0.6) is 5.75 Å². The van der Waals surface area contributed by atoms with Crippen LogP contribution in [0.4, 0.5) is 0 Å². The molecule has 3 heteroatoms. The first-order valence-electron chi connectivity index (χ1n) is 8.05. The Bertz CT molecular complexity index is 388. The van der Waals surface area contributed by atoms with Crippen LogP contribution in [0, 0.1) is 5.92 Å². The van der Waals surface area contributed by atoms with E-state index in [1.54, 1.807) is 13.3 Å². The first-order chi connectivity index (χ1) is 9.83. The van der Waals surface area contributed by atoms with Gasteiger partial charge in [-0.3, -0.25) is 4.98 Å². The molecule has 112 valence electrons. The predicted octanol–water partition coefficient (Wildman–Crippen LogP) is 4.10. The van der Waals surface area contributed by atoms with Gasteiger partial charge in [-0.15, -0.1) is 0 Å². The van der Waals surface area contributed by atoms with E-state index in [-0.39, 0.29) is 0 Å². The zero-order valence-corrected chi connectivity index (χ0v) is 12.9. The smallest absolute Gasteiger partial charge is 0.137 e. The lowest BCUT2D eigenvalue weighted by molar-refractivity contribution is 0.299. The van der Waals surface area contributed by atoms with Crippen LogP contribution in [-0.2, 0) is 0 Å². The minimum Gasteiger partial charge on any atom is -0.495 e. The number of aromatic nitrogens is 1. The second-order valence-electron chi connectivity index (χ2n) is 5.90. The van der Waals surface area contributed by atoms with Crippen molar-refractivity contribution < 1.29 is 4.74 Å². The van der Waals surface area contributed by atoms with Crippen LogP contribution in [0.3, 0.4) is 0 Å². The van der Waals surface area contributed by atoms with Gasteiger partial charge >= 0.3 is 0 Å². The monoisotopic (exact) mass is 276 g/mol. The molecule has 1 fully saturated rings. The Morgan fingerprint density at radius 3 is 2.80 bits per heavy atom. The molecule has 0 aliphatic heterocycles. The highest BCUT2D eigenvalue weighted by Gasteiger charge is 2.20. The van der Waals surface area contributed by atoms with Gasteiger partial charge in [0.25, 0.3) is 0 Å². The van der Waals surface area contributed by atoms with Gasteiger partial charge in [-0.1, -0.05) is 39.0 Å². The molecule has 0 saturated heterocycles. The number of pyridine rings is 1. The molecular weight excluding hydrogens is 248 g/mol. The molecular formula is C17H28N2O. The summed E-state index contributed by atoms with van der Waals surface area (Å²) in [7, 11) is 1.70. The second-order valence-corrected chi connectivity index (χ2v) is 5.90. The molecule has 0 bridgehead atoms. The maximum absolute atomic E-state index is 5.31. The highest BCUT2D eigenvalue weighted by molar-refractivity contribution is 5.26. The van der Waals surface area contributed by atoms with E-state index in [0.29, 0.717) is 6.04 Å². The van der Waals surface area contributed by atoms with Crippen molar-refractivity contribution in [3.8, 4) is 5.75 Å². The maximum atomic E-state index is 5.31. The van der Waals surface area contributed by atoms with Crippen LogP contribution >= 0.6 is 0 Å². The molecule has 0 radical (unpaired) electrons. The van der Waals surface area contributed by atoms with Crippen molar-refractivity contribution in [1.82, 2.24) is 10.3 Å². The summed E-state index contributed by atoms with van der Waals surface area (Å²) in [5, 5.41) is 3.69. The summed E-state index contributed by atoms with van der Waals surface area (Å²) < 4.78 is 5.31. The Morgan fingerprint density at radius 1 is 1.30 bits per heavy atom. The lowest BCUT2D eigenvalue weighted by Gasteiger charge is -2.27. The van der Waals surface area contributed by atoms with Gasteiger partial charge in [-0.25, -0.2) is 0 Å². The minimum atomic E-state index is 0.417. The topological polar surface area (TPSA) is 34.2 Å². The van der Waals surface area contributed by atoms with Gasteiger partial charge in [0.05, 0.1) is 13.3 Å². The van der Waals surface area contributed by atoms with E-state index in [1.165, 1.54) is 50.5 Å². The molecule has 1 aliphatic rings. The third-order valence-corrected chi connectivity index (χ3v) is 4.31. The SMILES string of the molecule is CCCNC(CC1CCCCC1)c1cncc(OC)c1. The number of nitrogens with one attached hydrogen (secondary N) is 1. The molecule has 1 heterocycles. The molecule has 2 rings (SSSR count). The summed E-state index contributed by atoms with van der Waals surface area (Å²) in [6.07, 6.45) is 13.2. The predicted molar refractivity (Wildman–Crippen MR) is 83.0 cm³/mol. The van der Waals surface area contributed by atoms with Crippen LogP contribution in [0.2, 0.25) is 0 Å². The van der Waals surface area contributed by atoms with Crippen LogP contribution in [0.15, 0.2) is 18.5 Å². The fourth-order valence-electron chi connectivity index (χ4n) is 3.15. The lowest BCUT2D eigenvalue weighted by Crippen LogP contribution is -2.25. The molecule has 0 aromatic carbocycles. The van der Waals surface area contributed by atoms with Crippen LogP contribution < -0.4 is 10.1 Å².